The number of carbonyl (C=O) groups is 2. The van der Waals surface area contributed by atoms with Gasteiger partial charge in [0.25, 0.3) is 0 Å². The number of amides is 1. The lowest BCUT2D eigenvalue weighted by atomic mass is 10.2. The van der Waals surface area contributed by atoms with Crippen molar-refractivity contribution in [1.29, 1.82) is 0 Å². The topological polar surface area (TPSA) is 66.8 Å². The van der Waals surface area contributed by atoms with E-state index in [1.54, 1.807) is 6.92 Å². The zero-order valence-electron chi connectivity index (χ0n) is 9.52. The first-order valence-electron chi connectivity index (χ1n) is 5.20. The van der Waals surface area contributed by atoms with Crippen LogP contribution in [0.2, 0.25) is 0 Å². The van der Waals surface area contributed by atoms with Gasteiger partial charge in [0, 0.05) is 6.54 Å². The van der Waals surface area contributed by atoms with Gasteiger partial charge in [0.15, 0.2) is 0 Å². The summed E-state index contributed by atoms with van der Waals surface area (Å²) in [5.41, 5.74) is 0. The molecule has 1 amide bonds. The third-order valence-corrected chi connectivity index (χ3v) is 2.08. The molecule has 0 aromatic rings. The summed E-state index contributed by atoms with van der Waals surface area (Å²) in [6.45, 7) is 5.83. The van der Waals surface area contributed by atoms with E-state index in [2.05, 4.69) is 0 Å². The number of ether oxygens (including phenoxy) is 1. The first-order chi connectivity index (χ1) is 7.04. The van der Waals surface area contributed by atoms with Crippen molar-refractivity contribution in [2.75, 3.05) is 13.2 Å². The molecule has 5 nitrogen and oxygen atoms in total. The summed E-state index contributed by atoms with van der Waals surface area (Å²) in [5, 5.41) is 8.82. The van der Waals surface area contributed by atoms with Crippen LogP contribution in [0.5, 0.6) is 0 Å². The average molecular weight is 217 g/mol. The lowest BCUT2D eigenvalue weighted by molar-refractivity contribution is -0.142. The highest BCUT2D eigenvalue weighted by Crippen LogP contribution is 2.05. The van der Waals surface area contributed by atoms with Crippen LogP contribution in [0.25, 0.3) is 0 Å². The fourth-order valence-corrected chi connectivity index (χ4v) is 1.11. The Bertz CT molecular complexity index is 217. The smallest absolute Gasteiger partial charge is 0.410 e. The van der Waals surface area contributed by atoms with Gasteiger partial charge in [-0.05, 0) is 20.3 Å². The minimum Gasteiger partial charge on any atom is -0.480 e. The maximum atomic E-state index is 11.4. The highest BCUT2D eigenvalue weighted by Gasteiger charge is 2.25. The standard InChI is InChI=1S/C10H19NO4/c1-4-6-7-11(8(3)9(12)13)10(14)15-5-2/h8H,4-7H2,1-3H3,(H,12,13)/t8-/m0/s1. The van der Waals surface area contributed by atoms with E-state index < -0.39 is 18.1 Å². The number of carboxylic acid groups (broad SMARTS) is 1. The number of unbranched alkanes of at least 4 members (excludes halogenated alkanes) is 1. The Balaban J connectivity index is 4.41. The predicted molar refractivity (Wildman–Crippen MR) is 55.7 cm³/mol. The molecular weight excluding hydrogens is 198 g/mol. The van der Waals surface area contributed by atoms with E-state index in [1.807, 2.05) is 6.92 Å². The number of rotatable bonds is 6. The number of aliphatic carboxylic acids is 1. The quantitative estimate of drug-likeness (QED) is 0.735. The minimum absolute atomic E-state index is 0.258. The molecule has 0 aliphatic rings. The van der Waals surface area contributed by atoms with E-state index >= 15 is 0 Å². The Morgan fingerprint density at radius 3 is 2.40 bits per heavy atom. The average Bonchev–Trinajstić information content (AvgIpc) is 2.18. The molecule has 0 radical (unpaired) electrons. The summed E-state index contributed by atoms with van der Waals surface area (Å²) < 4.78 is 4.80. The van der Waals surface area contributed by atoms with E-state index in [0.717, 1.165) is 12.8 Å². The van der Waals surface area contributed by atoms with Gasteiger partial charge < -0.3 is 9.84 Å². The molecule has 88 valence electrons. The van der Waals surface area contributed by atoms with Crippen LogP contribution in [-0.4, -0.2) is 41.3 Å². The predicted octanol–water partition coefficient (Wildman–Crippen LogP) is 1.72. The van der Waals surface area contributed by atoms with Crippen LogP contribution in [0.3, 0.4) is 0 Å². The van der Waals surface area contributed by atoms with Crippen LogP contribution in [-0.2, 0) is 9.53 Å². The largest absolute Gasteiger partial charge is 0.480 e. The molecule has 15 heavy (non-hydrogen) atoms. The highest BCUT2D eigenvalue weighted by molar-refractivity contribution is 5.79. The van der Waals surface area contributed by atoms with Crippen molar-refractivity contribution in [1.82, 2.24) is 4.90 Å². The molecule has 0 aromatic heterocycles. The maximum Gasteiger partial charge on any atom is 0.410 e. The van der Waals surface area contributed by atoms with E-state index in [4.69, 9.17) is 9.84 Å². The summed E-state index contributed by atoms with van der Waals surface area (Å²) in [5.74, 6) is -1.01. The summed E-state index contributed by atoms with van der Waals surface area (Å²) in [7, 11) is 0. The number of hydrogen-bond acceptors (Lipinski definition) is 3. The van der Waals surface area contributed by atoms with Gasteiger partial charge in [-0.1, -0.05) is 13.3 Å². The molecule has 1 atom stereocenters. The Morgan fingerprint density at radius 2 is 2.00 bits per heavy atom. The second-order valence-corrected chi connectivity index (χ2v) is 3.26. The molecule has 0 saturated heterocycles. The maximum absolute atomic E-state index is 11.4. The molecule has 1 N–H and O–H groups in total. The van der Waals surface area contributed by atoms with Gasteiger partial charge in [-0.15, -0.1) is 0 Å². The molecule has 5 heteroatoms. The molecule has 0 aliphatic carbocycles. The molecule has 0 heterocycles. The number of hydrogen-bond donors (Lipinski definition) is 1. The van der Waals surface area contributed by atoms with Gasteiger partial charge >= 0.3 is 12.1 Å². The summed E-state index contributed by atoms with van der Waals surface area (Å²) in [6, 6.07) is -0.837. The SMILES string of the molecule is CCCCN(C(=O)OCC)[C@@H](C)C(=O)O. The van der Waals surface area contributed by atoms with E-state index in [0.29, 0.717) is 6.54 Å². The lowest BCUT2D eigenvalue weighted by Crippen LogP contribution is -2.44. The van der Waals surface area contributed by atoms with Gasteiger partial charge in [-0.3, -0.25) is 4.90 Å². The highest BCUT2D eigenvalue weighted by atomic mass is 16.6. The minimum atomic E-state index is -1.01. The fraction of sp³-hybridized carbons (Fsp3) is 0.800. The van der Waals surface area contributed by atoms with E-state index in [-0.39, 0.29) is 6.61 Å². The van der Waals surface area contributed by atoms with Crippen molar-refractivity contribution in [2.45, 2.75) is 39.7 Å². The van der Waals surface area contributed by atoms with Crippen LogP contribution in [0.1, 0.15) is 33.6 Å². The lowest BCUT2D eigenvalue weighted by Gasteiger charge is -2.25. The third-order valence-electron chi connectivity index (χ3n) is 2.08. The first kappa shape index (κ1) is 13.7. The Kier molecular flexibility index (Phi) is 6.49. The Hall–Kier alpha value is -1.26. The molecule has 0 unspecified atom stereocenters. The van der Waals surface area contributed by atoms with Crippen molar-refractivity contribution in [2.24, 2.45) is 0 Å². The second kappa shape index (κ2) is 7.09. The van der Waals surface area contributed by atoms with Crippen LogP contribution in [0.15, 0.2) is 0 Å². The Morgan fingerprint density at radius 1 is 1.40 bits per heavy atom. The molecule has 0 spiro atoms. The van der Waals surface area contributed by atoms with Crippen molar-refractivity contribution < 1.29 is 19.4 Å². The van der Waals surface area contributed by atoms with Gasteiger partial charge in [-0.2, -0.15) is 0 Å². The van der Waals surface area contributed by atoms with Gasteiger partial charge in [-0.25, -0.2) is 9.59 Å². The molecule has 0 saturated carbocycles. The van der Waals surface area contributed by atoms with E-state index in [1.165, 1.54) is 11.8 Å². The monoisotopic (exact) mass is 217 g/mol. The van der Waals surface area contributed by atoms with Crippen LogP contribution in [0.4, 0.5) is 4.79 Å². The van der Waals surface area contributed by atoms with Crippen molar-refractivity contribution >= 4 is 12.1 Å². The first-order valence-corrected chi connectivity index (χ1v) is 5.20. The normalized spacial score (nSPS) is 11.9. The summed E-state index contributed by atoms with van der Waals surface area (Å²) in [6.07, 6.45) is 1.12. The molecule has 0 rings (SSSR count). The molecule has 0 fully saturated rings. The van der Waals surface area contributed by atoms with Gasteiger partial charge in [0.2, 0.25) is 0 Å². The summed E-state index contributed by atoms with van der Waals surface area (Å²) >= 11 is 0. The Labute approximate surface area is 90.0 Å². The van der Waals surface area contributed by atoms with E-state index in [9.17, 15) is 9.59 Å². The van der Waals surface area contributed by atoms with Crippen molar-refractivity contribution in [3.8, 4) is 0 Å². The van der Waals surface area contributed by atoms with Crippen molar-refractivity contribution in [3.05, 3.63) is 0 Å². The van der Waals surface area contributed by atoms with Crippen LogP contribution in [0, 0.1) is 0 Å². The number of carboxylic acids is 1. The molecule has 0 aromatic carbocycles. The third kappa shape index (κ3) is 4.67. The van der Waals surface area contributed by atoms with Crippen LogP contribution < -0.4 is 0 Å². The fourth-order valence-electron chi connectivity index (χ4n) is 1.11. The van der Waals surface area contributed by atoms with Crippen LogP contribution >= 0.6 is 0 Å². The number of carbonyl (C=O) groups excluding carboxylic acids is 1. The number of nitrogens with zero attached hydrogens (tertiary/aromatic N) is 1. The second-order valence-electron chi connectivity index (χ2n) is 3.26. The zero-order chi connectivity index (χ0) is 11.8. The molecule has 0 aliphatic heterocycles. The van der Waals surface area contributed by atoms with Crippen molar-refractivity contribution in [3.63, 3.8) is 0 Å². The summed E-state index contributed by atoms with van der Waals surface area (Å²) in [4.78, 5) is 23.4. The zero-order valence-corrected chi connectivity index (χ0v) is 9.52. The molecule has 0 bridgehead atoms. The van der Waals surface area contributed by atoms with Gasteiger partial charge in [0.05, 0.1) is 6.61 Å². The molecular formula is C10H19NO4. The van der Waals surface area contributed by atoms with Gasteiger partial charge in [0.1, 0.15) is 6.04 Å².